The first-order valence-electron chi connectivity index (χ1n) is 9.37. The Kier molecular flexibility index (Phi) is 4.14. The number of hydrogen-bond donors (Lipinski definition) is 1. The maximum absolute atomic E-state index is 11.9. The fourth-order valence-electron chi connectivity index (χ4n) is 3.79. The second-order valence-corrected chi connectivity index (χ2v) is 6.99. The molecule has 138 valence electrons. The zero-order chi connectivity index (χ0) is 18.2. The van der Waals surface area contributed by atoms with E-state index in [9.17, 15) is 4.79 Å². The largest absolute Gasteiger partial charge is 0.475 e. The van der Waals surface area contributed by atoms with Gasteiger partial charge in [-0.25, -0.2) is 4.98 Å². The normalized spacial score (nSPS) is 19.4. The van der Waals surface area contributed by atoms with Gasteiger partial charge in [0.2, 0.25) is 5.88 Å². The molecule has 1 saturated heterocycles. The third-order valence-corrected chi connectivity index (χ3v) is 5.21. The van der Waals surface area contributed by atoms with E-state index in [1.165, 1.54) is 0 Å². The molecule has 1 fully saturated rings. The van der Waals surface area contributed by atoms with Gasteiger partial charge in [0.25, 0.3) is 0 Å². The molecule has 0 aliphatic carbocycles. The van der Waals surface area contributed by atoms with Gasteiger partial charge < -0.3 is 19.4 Å². The van der Waals surface area contributed by atoms with Crippen molar-refractivity contribution in [2.45, 2.75) is 19.1 Å². The smallest absolute Gasteiger partial charge is 0.213 e. The zero-order valence-corrected chi connectivity index (χ0v) is 15.0. The number of benzene rings is 1. The van der Waals surface area contributed by atoms with Crippen LogP contribution >= 0.6 is 0 Å². The van der Waals surface area contributed by atoms with Gasteiger partial charge in [-0.05, 0) is 24.3 Å². The Morgan fingerprint density at radius 2 is 2.07 bits per heavy atom. The predicted molar refractivity (Wildman–Crippen MR) is 102 cm³/mol. The zero-order valence-electron chi connectivity index (χ0n) is 15.0. The van der Waals surface area contributed by atoms with E-state index < -0.39 is 0 Å². The number of aromatic nitrogens is 2. The first-order chi connectivity index (χ1) is 13.3. The SMILES string of the molecule is O=C1CCn2c1ccc2-c1ccc2ccc(OC[C@@H]3CNCCO3)nc2c1. The van der Waals surface area contributed by atoms with Gasteiger partial charge in [0.15, 0.2) is 5.78 Å². The number of rotatable bonds is 4. The van der Waals surface area contributed by atoms with Crippen molar-refractivity contribution < 1.29 is 14.3 Å². The highest BCUT2D eigenvalue weighted by molar-refractivity contribution is 5.98. The van der Waals surface area contributed by atoms with Gasteiger partial charge in [-0.2, -0.15) is 0 Å². The maximum Gasteiger partial charge on any atom is 0.213 e. The lowest BCUT2D eigenvalue weighted by Crippen LogP contribution is -2.41. The van der Waals surface area contributed by atoms with E-state index in [0.717, 1.165) is 47.5 Å². The average Bonchev–Trinajstić information content (AvgIpc) is 3.30. The Morgan fingerprint density at radius 3 is 2.96 bits per heavy atom. The first kappa shape index (κ1) is 16.5. The van der Waals surface area contributed by atoms with Crippen LogP contribution < -0.4 is 10.1 Å². The summed E-state index contributed by atoms with van der Waals surface area (Å²) in [6, 6.07) is 14.1. The van der Waals surface area contributed by atoms with E-state index in [1.54, 1.807) is 0 Å². The maximum atomic E-state index is 11.9. The molecule has 0 bridgehead atoms. The molecule has 1 atom stereocenters. The molecule has 5 rings (SSSR count). The molecule has 1 aromatic carbocycles. The molecular weight excluding hydrogens is 342 g/mol. The summed E-state index contributed by atoms with van der Waals surface area (Å²) in [5, 5.41) is 4.36. The highest BCUT2D eigenvalue weighted by atomic mass is 16.5. The van der Waals surface area contributed by atoms with Crippen molar-refractivity contribution in [2.75, 3.05) is 26.3 Å². The Morgan fingerprint density at radius 1 is 1.19 bits per heavy atom. The van der Waals surface area contributed by atoms with Crippen LogP contribution in [0.3, 0.4) is 0 Å². The quantitative estimate of drug-likeness (QED) is 0.772. The van der Waals surface area contributed by atoms with Crippen molar-refractivity contribution in [3.05, 3.63) is 48.2 Å². The van der Waals surface area contributed by atoms with E-state index in [0.29, 0.717) is 25.5 Å². The molecule has 0 amide bonds. The van der Waals surface area contributed by atoms with E-state index in [1.807, 2.05) is 24.3 Å². The molecule has 3 aromatic rings. The molecule has 6 nitrogen and oxygen atoms in total. The lowest BCUT2D eigenvalue weighted by atomic mass is 10.1. The fraction of sp³-hybridized carbons (Fsp3) is 0.333. The van der Waals surface area contributed by atoms with Gasteiger partial charge in [-0.1, -0.05) is 12.1 Å². The summed E-state index contributed by atoms with van der Waals surface area (Å²) in [4.78, 5) is 16.6. The number of carbonyl (C=O) groups is 1. The molecule has 6 heteroatoms. The summed E-state index contributed by atoms with van der Waals surface area (Å²) in [6.07, 6.45) is 0.647. The minimum Gasteiger partial charge on any atom is -0.475 e. The van der Waals surface area contributed by atoms with Gasteiger partial charge in [-0.3, -0.25) is 4.79 Å². The molecule has 1 N–H and O–H groups in total. The van der Waals surface area contributed by atoms with Gasteiger partial charge in [0.05, 0.1) is 17.8 Å². The highest BCUT2D eigenvalue weighted by Crippen LogP contribution is 2.30. The van der Waals surface area contributed by atoms with Crippen LogP contribution in [0.1, 0.15) is 16.9 Å². The molecule has 4 heterocycles. The van der Waals surface area contributed by atoms with Crippen molar-refractivity contribution in [1.82, 2.24) is 14.9 Å². The molecule has 2 aromatic heterocycles. The molecule has 27 heavy (non-hydrogen) atoms. The van der Waals surface area contributed by atoms with Crippen molar-refractivity contribution in [3.63, 3.8) is 0 Å². The third kappa shape index (κ3) is 3.11. The Labute approximate surface area is 157 Å². The second-order valence-electron chi connectivity index (χ2n) is 6.99. The van der Waals surface area contributed by atoms with Crippen LogP contribution in [-0.4, -0.2) is 47.7 Å². The number of pyridine rings is 1. The average molecular weight is 363 g/mol. The van der Waals surface area contributed by atoms with E-state index in [2.05, 4.69) is 33.1 Å². The number of carbonyl (C=O) groups excluding carboxylic acids is 1. The number of ketones is 1. The number of fused-ring (bicyclic) bond motifs is 2. The fourth-order valence-corrected chi connectivity index (χ4v) is 3.79. The Hall–Kier alpha value is -2.70. The van der Waals surface area contributed by atoms with Gasteiger partial charge in [0.1, 0.15) is 12.7 Å². The molecule has 2 aliphatic rings. The second kappa shape index (κ2) is 6.79. The molecule has 2 aliphatic heterocycles. The van der Waals surface area contributed by atoms with Crippen LogP contribution in [0, 0.1) is 0 Å². The topological polar surface area (TPSA) is 65.4 Å². The lowest BCUT2D eigenvalue weighted by Gasteiger charge is -2.23. The Balaban J connectivity index is 1.41. The third-order valence-electron chi connectivity index (χ3n) is 5.21. The van der Waals surface area contributed by atoms with Gasteiger partial charge >= 0.3 is 0 Å². The van der Waals surface area contributed by atoms with Gasteiger partial charge in [-0.15, -0.1) is 0 Å². The van der Waals surface area contributed by atoms with Crippen molar-refractivity contribution in [3.8, 4) is 17.1 Å². The first-order valence-corrected chi connectivity index (χ1v) is 9.37. The molecule has 0 radical (unpaired) electrons. The number of ether oxygens (including phenoxy) is 2. The van der Waals surface area contributed by atoms with Crippen molar-refractivity contribution >= 4 is 16.7 Å². The van der Waals surface area contributed by atoms with Gasteiger partial charge in [0, 0.05) is 48.8 Å². The minimum absolute atomic E-state index is 0.0587. The number of morpholine rings is 1. The molecular formula is C21H21N3O3. The summed E-state index contributed by atoms with van der Waals surface area (Å²) in [7, 11) is 0. The summed E-state index contributed by atoms with van der Waals surface area (Å²) < 4.78 is 13.6. The number of Topliss-reactive ketones (excluding diaryl/α,β-unsaturated/α-hetero) is 1. The lowest BCUT2D eigenvalue weighted by molar-refractivity contribution is -0.000672. The van der Waals surface area contributed by atoms with Crippen LogP contribution in [0.25, 0.3) is 22.2 Å². The van der Waals surface area contributed by atoms with Crippen LogP contribution in [0.5, 0.6) is 5.88 Å². The highest BCUT2D eigenvalue weighted by Gasteiger charge is 2.22. The molecule has 0 saturated carbocycles. The molecule has 0 unspecified atom stereocenters. The Bertz CT molecular complexity index is 1010. The van der Waals surface area contributed by atoms with E-state index >= 15 is 0 Å². The number of nitrogens with one attached hydrogen (secondary N) is 1. The summed E-state index contributed by atoms with van der Waals surface area (Å²) in [5.74, 6) is 0.819. The summed E-state index contributed by atoms with van der Waals surface area (Å²) in [5.41, 5.74) is 3.81. The monoisotopic (exact) mass is 363 g/mol. The number of hydrogen-bond acceptors (Lipinski definition) is 5. The minimum atomic E-state index is 0.0587. The standard InChI is InChI=1S/C21H21N3O3/c25-20-7-9-24-18(4-5-19(20)24)15-2-1-14-3-6-21(23-17(14)11-15)27-13-16-12-22-8-10-26-16/h1-6,11,16,22H,7-10,12-13H2/t16-/m0/s1. The van der Waals surface area contributed by atoms with E-state index in [-0.39, 0.29) is 11.9 Å². The summed E-state index contributed by atoms with van der Waals surface area (Å²) in [6.45, 7) is 3.64. The summed E-state index contributed by atoms with van der Waals surface area (Å²) >= 11 is 0. The van der Waals surface area contributed by atoms with Crippen LogP contribution in [0.15, 0.2) is 42.5 Å². The van der Waals surface area contributed by atoms with Crippen LogP contribution in [-0.2, 0) is 11.3 Å². The van der Waals surface area contributed by atoms with Crippen LogP contribution in [0.2, 0.25) is 0 Å². The van der Waals surface area contributed by atoms with Crippen molar-refractivity contribution in [2.24, 2.45) is 0 Å². The van der Waals surface area contributed by atoms with E-state index in [4.69, 9.17) is 9.47 Å². The predicted octanol–water partition coefficient (Wildman–Crippen LogP) is 2.66. The number of nitrogens with zero attached hydrogens (tertiary/aromatic N) is 2. The van der Waals surface area contributed by atoms with Crippen molar-refractivity contribution in [1.29, 1.82) is 0 Å². The van der Waals surface area contributed by atoms with Crippen LogP contribution in [0.4, 0.5) is 0 Å². The molecule has 0 spiro atoms.